The first kappa shape index (κ1) is 20.3. The van der Waals surface area contributed by atoms with Crippen molar-refractivity contribution in [2.24, 2.45) is 0 Å². The van der Waals surface area contributed by atoms with E-state index in [0.717, 1.165) is 0 Å². The molecule has 1 saturated heterocycles. The van der Waals surface area contributed by atoms with Crippen molar-refractivity contribution in [2.75, 3.05) is 18.1 Å². The van der Waals surface area contributed by atoms with Gasteiger partial charge in [0.15, 0.2) is 15.9 Å². The molecule has 1 fully saturated rings. The Kier molecular flexibility index (Phi) is 5.47. The molecule has 0 N–H and O–H groups in total. The Hall–Kier alpha value is -2.42. The number of sulfone groups is 1. The fourth-order valence-corrected chi connectivity index (χ4v) is 5.23. The zero-order chi connectivity index (χ0) is 20.6. The number of ether oxygens (including phenoxy) is 1. The summed E-state index contributed by atoms with van der Waals surface area (Å²) >= 11 is 0. The monoisotopic (exact) mass is 411 g/mol. The second-order valence-electron chi connectivity index (χ2n) is 6.93. The summed E-state index contributed by atoms with van der Waals surface area (Å²) in [4.78, 5) is 26.6. The summed E-state index contributed by atoms with van der Waals surface area (Å²) in [6, 6.07) is 3.49. The molecule has 7 nitrogen and oxygen atoms in total. The maximum Gasteiger partial charge on any atom is 0.375 e. The van der Waals surface area contributed by atoms with E-state index in [9.17, 15) is 22.4 Å². The number of aryl methyl sites for hydroxylation is 1. The van der Waals surface area contributed by atoms with E-state index in [1.807, 2.05) is 0 Å². The van der Waals surface area contributed by atoms with E-state index in [0.29, 0.717) is 29.5 Å². The van der Waals surface area contributed by atoms with Crippen LogP contribution < -0.4 is 0 Å². The lowest BCUT2D eigenvalue weighted by Gasteiger charge is -2.29. The largest absolute Gasteiger partial charge is 0.449 e. The maximum atomic E-state index is 13.4. The number of carbonyl (C=O) groups excluding carboxylic acids is 2. The minimum absolute atomic E-state index is 0.0460. The topological polar surface area (TPSA) is 93.9 Å². The predicted octanol–water partition coefficient (Wildman–Crippen LogP) is 2.46. The van der Waals surface area contributed by atoms with Crippen LogP contribution in [0.5, 0.6) is 0 Å². The van der Waals surface area contributed by atoms with Crippen molar-refractivity contribution >= 4 is 32.7 Å². The first-order valence-corrected chi connectivity index (χ1v) is 10.9. The number of hydrogen-bond donors (Lipinski definition) is 0. The molecule has 1 aliphatic rings. The van der Waals surface area contributed by atoms with E-state index >= 15 is 0 Å². The van der Waals surface area contributed by atoms with Crippen LogP contribution in [0.2, 0.25) is 0 Å². The molecule has 0 unspecified atom stereocenters. The number of furan rings is 1. The summed E-state index contributed by atoms with van der Waals surface area (Å²) in [5.74, 6) is -1.87. The van der Waals surface area contributed by atoms with Crippen molar-refractivity contribution in [1.82, 2.24) is 4.90 Å². The van der Waals surface area contributed by atoms with Gasteiger partial charge in [-0.3, -0.25) is 4.79 Å². The van der Waals surface area contributed by atoms with Gasteiger partial charge < -0.3 is 14.1 Å². The number of benzene rings is 1. The normalized spacial score (nSPS) is 19.5. The van der Waals surface area contributed by atoms with Crippen LogP contribution >= 0.6 is 0 Å². The predicted molar refractivity (Wildman–Crippen MR) is 100 cm³/mol. The molecule has 152 valence electrons. The highest BCUT2D eigenvalue weighted by molar-refractivity contribution is 7.91. The number of esters is 1. The lowest BCUT2D eigenvalue weighted by molar-refractivity contribution is -0.141. The van der Waals surface area contributed by atoms with E-state index < -0.39 is 39.7 Å². The van der Waals surface area contributed by atoms with Crippen LogP contribution in [0.4, 0.5) is 4.39 Å². The molecular weight excluding hydrogens is 389 g/mol. The Bertz CT molecular complexity index is 1030. The average Bonchev–Trinajstić information content (AvgIpc) is 3.15. The van der Waals surface area contributed by atoms with Crippen molar-refractivity contribution < 1.29 is 31.6 Å². The fraction of sp³-hybridized carbons (Fsp3) is 0.474. The van der Waals surface area contributed by atoms with Crippen molar-refractivity contribution in [2.45, 2.75) is 39.3 Å². The molecule has 3 rings (SSSR count). The molecule has 9 heteroatoms. The van der Waals surface area contributed by atoms with Crippen molar-refractivity contribution in [3.63, 3.8) is 0 Å². The zero-order valence-corrected chi connectivity index (χ0v) is 16.7. The first-order chi connectivity index (χ1) is 13.1. The van der Waals surface area contributed by atoms with E-state index in [-0.39, 0.29) is 17.3 Å². The van der Waals surface area contributed by atoms with Gasteiger partial charge in [-0.15, -0.1) is 0 Å². The van der Waals surface area contributed by atoms with Gasteiger partial charge in [0.1, 0.15) is 11.4 Å². The molecule has 2 aromatic rings. The summed E-state index contributed by atoms with van der Waals surface area (Å²) in [5.41, 5.74) is 0.768. The van der Waals surface area contributed by atoms with Crippen LogP contribution in [0.25, 0.3) is 11.0 Å². The second-order valence-corrected chi connectivity index (χ2v) is 9.15. The maximum absolute atomic E-state index is 13.4. The molecule has 1 aromatic heterocycles. The van der Waals surface area contributed by atoms with E-state index in [4.69, 9.17) is 9.15 Å². The van der Waals surface area contributed by atoms with Gasteiger partial charge in [-0.25, -0.2) is 17.6 Å². The third-order valence-electron chi connectivity index (χ3n) is 4.99. The Morgan fingerprint density at radius 3 is 2.71 bits per heavy atom. The van der Waals surface area contributed by atoms with Gasteiger partial charge >= 0.3 is 5.97 Å². The standard InChI is InChI=1S/C19H22FNO6S/c1-4-21(14-7-8-28(24,25)10-14)18(22)12(3)26-19(23)17-11(2)15-9-13(20)5-6-16(15)27-17/h5-6,9,12,14H,4,7-8,10H2,1-3H3/t12-,14-/m0/s1. The molecule has 28 heavy (non-hydrogen) atoms. The SMILES string of the molecule is CCN(C(=O)[C@H](C)OC(=O)c1oc2ccc(F)cc2c1C)[C@H]1CCS(=O)(=O)C1. The molecule has 0 spiro atoms. The lowest BCUT2D eigenvalue weighted by Crippen LogP contribution is -2.46. The van der Waals surface area contributed by atoms with Crippen LogP contribution in [-0.2, 0) is 19.4 Å². The smallest absolute Gasteiger partial charge is 0.375 e. The van der Waals surface area contributed by atoms with Crippen LogP contribution in [0.15, 0.2) is 22.6 Å². The van der Waals surface area contributed by atoms with Gasteiger partial charge in [0, 0.05) is 23.5 Å². The van der Waals surface area contributed by atoms with Crippen molar-refractivity contribution in [3.05, 3.63) is 35.3 Å². The van der Waals surface area contributed by atoms with E-state index in [2.05, 4.69) is 0 Å². The van der Waals surface area contributed by atoms with E-state index in [1.165, 1.54) is 30.0 Å². The summed E-state index contributed by atoms with van der Waals surface area (Å²) in [5, 5.41) is 0.456. The van der Waals surface area contributed by atoms with Gasteiger partial charge in [0.25, 0.3) is 5.91 Å². The van der Waals surface area contributed by atoms with Crippen LogP contribution in [0.1, 0.15) is 36.4 Å². The zero-order valence-electron chi connectivity index (χ0n) is 15.9. The molecule has 0 aliphatic carbocycles. The van der Waals surface area contributed by atoms with Gasteiger partial charge in [-0.1, -0.05) is 0 Å². The summed E-state index contributed by atoms with van der Waals surface area (Å²) < 4.78 is 47.6. The quantitative estimate of drug-likeness (QED) is 0.702. The number of fused-ring (bicyclic) bond motifs is 1. The van der Waals surface area contributed by atoms with Gasteiger partial charge in [0.05, 0.1) is 11.5 Å². The highest BCUT2D eigenvalue weighted by atomic mass is 32.2. The first-order valence-electron chi connectivity index (χ1n) is 9.03. The molecule has 0 saturated carbocycles. The summed E-state index contributed by atoms with van der Waals surface area (Å²) in [6.45, 7) is 5.10. The van der Waals surface area contributed by atoms with Crippen LogP contribution in [0.3, 0.4) is 0 Å². The highest BCUT2D eigenvalue weighted by Gasteiger charge is 2.36. The Morgan fingerprint density at radius 2 is 2.11 bits per heavy atom. The third-order valence-corrected chi connectivity index (χ3v) is 6.74. The molecule has 0 bridgehead atoms. The average molecular weight is 411 g/mol. The number of halogens is 1. The number of likely N-dealkylation sites (N-methyl/N-ethyl adjacent to an activating group) is 1. The summed E-state index contributed by atoms with van der Waals surface area (Å²) in [6.07, 6.45) is -0.739. The summed E-state index contributed by atoms with van der Waals surface area (Å²) in [7, 11) is -3.15. The number of amides is 1. The van der Waals surface area contributed by atoms with Gasteiger partial charge in [0.2, 0.25) is 5.76 Å². The second kappa shape index (κ2) is 7.54. The molecular formula is C19H22FNO6S. The van der Waals surface area contributed by atoms with Crippen LogP contribution in [-0.4, -0.2) is 55.4 Å². The third kappa shape index (κ3) is 3.89. The Balaban J connectivity index is 1.74. The molecule has 2 heterocycles. The fourth-order valence-electron chi connectivity index (χ4n) is 3.50. The molecule has 1 aliphatic heterocycles. The number of hydrogen-bond acceptors (Lipinski definition) is 6. The molecule has 2 atom stereocenters. The Labute approximate surface area is 162 Å². The van der Waals surface area contributed by atoms with Crippen LogP contribution in [0, 0.1) is 12.7 Å². The van der Waals surface area contributed by atoms with Crippen molar-refractivity contribution in [3.8, 4) is 0 Å². The molecule has 1 amide bonds. The van der Waals surface area contributed by atoms with Crippen molar-refractivity contribution in [1.29, 1.82) is 0 Å². The highest BCUT2D eigenvalue weighted by Crippen LogP contribution is 2.27. The number of nitrogens with zero attached hydrogens (tertiary/aromatic N) is 1. The van der Waals surface area contributed by atoms with E-state index in [1.54, 1.807) is 13.8 Å². The molecule has 0 radical (unpaired) electrons. The minimum Gasteiger partial charge on any atom is -0.449 e. The number of rotatable bonds is 5. The molecule has 1 aromatic carbocycles. The Morgan fingerprint density at radius 1 is 1.39 bits per heavy atom. The number of carbonyl (C=O) groups is 2. The van der Waals surface area contributed by atoms with Gasteiger partial charge in [-0.05, 0) is 45.4 Å². The lowest BCUT2D eigenvalue weighted by atomic mass is 10.1. The minimum atomic E-state index is -3.15. The van der Waals surface area contributed by atoms with Gasteiger partial charge in [-0.2, -0.15) is 0 Å².